The van der Waals surface area contributed by atoms with E-state index < -0.39 is 10.8 Å². The van der Waals surface area contributed by atoms with Gasteiger partial charge in [-0.2, -0.15) is 0 Å². The standard InChI is InChI=1S/C13H10BrN3O3/c14-12-5-4-8(15)6-11(12)13(18)16-9-2-1-3-10(7-9)17(19)20/h1-7H,15H2,(H,16,18). The Morgan fingerprint density at radius 3 is 2.70 bits per heavy atom. The van der Waals surface area contributed by atoms with Gasteiger partial charge in [0.25, 0.3) is 11.6 Å². The second kappa shape index (κ2) is 5.70. The minimum atomic E-state index is -0.522. The Balaban J connectivity index is 2.25. The minimum Gasteiger partial charge on any atom is -0.399 e. The van der Waals surface area contributed by atoms with E-state index in [1.54, 1.807) is 18.2 Å². The molecule has 102 valence electrons. The van der Waals surface area contributed by atoms with Gasteiger partial charge in [-0.25, -0.2) is 0 Å². The maximum absolute atomic E-state index is 12.1. The maximum Gasteiger partial charge on any atom is 0.271 e. The third-order valence-electron chi connectivity index (χ3n) is 2.55. The van der Waals surface area contributed by atoms with Gasteiger partial charge >= 0.3 is 0 Å². The Kier molecular flexibility index (Phi) is 3.99. The quantitative estimate of drug-likeness (QED) is 0.511. The van der Waals surface area contributed by atoms with Gasteiger partial charge in [-0.3, -0.25) is 14.9 Å². The van der Waals surface area contributed by atoms with Crippen molar-refractivity contribution in [2.24, 2.45) is 0 Å². The van der Waals surface area contributed by atoms with Crippen LogP contribution in [0.5, 0.6) is 0 Å². The molecule has 2 rings (SSSR count). The van der Waals surface area contributed by atoms with Crippen LogP contribution in [0.3, 0.4) is 0 Å². The number of nitrogens with zero attached hydrogens (tertiary/aromatic N) is 1. The molecule has 0 bridgehead atoms. The molecule has 0 fully saturated rings. The highest BCUT2D eigenvalue weighted by Crippen LogP contribution is 2.22. The van der Waals surface area contributed by atoms with Gasteiger partial charge in [-0.05, 0) is 40.2 Å². The topological polar surface area (TPSA) is 98.3 Å². The van der Waals surface area contributed by atoms with E-state index in [-0.39, 0.29) is 5.69 Å². The summed E-state index contributed by atoms with van der Waals surface area (Å²) in [5.74, 6) is -0.398. The largest absolute Gasteiger partial charge is 0.399 e. The van der Waals surface area contributed by atoms with Crippen molar-refractivity contribution in [2.45, 2.75) is 0 Å². The molecule has 0 spiro atoms. The van der Waals surface area contributed by atoms with Crippen molar-refractivity contribution in [3.63, 3.8) is 0 Å². The van der Waals surface area contributed by atoms with Crippen LogP contribution in [0.15, 0.2) is 46.9 Å². The van der Waals surface area contributed by atoms with E-state index in [9.17, 15) is 14.9 Å². The first-order valence-electron chi connectivity index (χ1n) is 5.58. The molecular weight excluding hydrogens is 326 g/mol. The van der Waals surface area contributed by atoms with E-state index >= 15 is 0 Å². The summed E-state index contributed by atoms with van der Waals surface area (Å²) >= 11 is 3.26. The lowest BCUT2D eigenvalue weighted by atomic mass is 10.2. The Labute approximate surface area is 122 Å². The van der Waals surface area contributed by atoms with Crippen molar-refractivity contribution in [2.75, 3.05) is 11.1 Å². The van der Waals surface area contributed by atoms with Gasteiger partial charge < -0.3 is 11.1 Å². The summed E-state index contributed by atoms with van der Waals surface area (Å²) in [6.07, 6.45) is 0. The summed E-state index contributed by atoms with van der Waals surface area (Å²) < 4.78 is 0.592. The Morgan fingerprint density at radius 1 is 1.25 bits per heavy atom. The van der Waals surface area contributed by atoms with Crippen LogP contribution in [0.25, 0.3) is 0 Å². The molecule has 0 aliphatic heterocycles. The summed E-state index contributed by atoms with van der Waals surface area (Å²) in [5.41, 5.74) is 6.70. The van der Waals surface area contributed by atoms with Gasteiger partial charge in [0.2, 0.25) is 0 Å². The minimum absolute atomic E-state index is 0.0885. The van der Waals surface area contributed by atoms with E-state index in [2.05, 4.69) is 21.2 Å². The number of halogens is 1. The average molecular weight is 336 g/mol. The number of anilines is 2. The monoisotopic (exact) mass is 335 g/mol. The van der Waals surface area contributed by atoms with Crippen molar-refractivity contribution < 1.29 is 9.72 Å². The van der Waals surface area contributed by atoms with Crippen LogP contribution < -0.4 is 11.1 Å². The molecule has 2 aromatic carbocycles. The van der Waals surface area contributed by atoms with Crippen molar-refractivity contribution in [3.05, 3.63) is 62.6 Å². The number of non-ortho nitro benzene ring substituents is 1. The Morgan fingerprint density at radius 2 is 2.00 bits per heavy atom. The van der Waals surface area contributed by atoms with Gasteiger partial charge in [0.1, 0.15) is 0 Å². The van der Waals surface area contributed by atoms with Gasteiger partial charge in [0.05, 0.1) is 10.5 Å². The number of hydrogen-bond acceptors (Lipinski definition) is 4. The fraction of sp³-hybridized carbons (Fsp3) is 0. The van der Waals surface area contributed by atoms with E-state index in [1.165, 1.54) is 24.3 Å². The van der Waals surface area contributed by atoms with E-state index in [0.29, 0.717) is 21.4 Å². The number of amides is 1. The predicted molar refractivity (Wildman–Crippen MR) is 79.6 cm³/mol. The lowest BCUT2D eigenvalue weighted by Gasteiger charge is -2.07. The molecule has 0 saturated heterocycles. The number of nitro groups is 1. The van der Waals surface area contributed by atoms with Crippen molar-refractivity contribution >= 4 is 38.9 Å². The first-order valence-corrected chi connectivity index (χ1v) is 6.37. The highest BCUT2D eigenvalue weighted by molar-refractivity contribution is 9.10. The highest BCUT2D eigenvalue weighted by Gasteiger charge is 2.12. The average Bonchev–Trinajstić information content (AvgIpc) is 2.41. The molecular formula is C13H10BrN3O3. The summed E-state index contributed by atoms with van der Waals surface area (Å²) in [7, 11) is 0. The molecule has 1 amide bonds. The third-order valence-corrected chi connectivity index (χ3v) is 3.24. The second-order valence-corrected chi connectivity index (χ2v) is 4.86. The van der Waals surface area contributed by atoms with Crippen molar-refractivity contribution in [1.82, 2.24) is 0 Å². The SMILES string of the molecule is Nc1ccc(Br)c(C(=O)Nc2cccc([N+](=O)[O-])c2)c1. The van der Waals surface area contributed by atoms with E-state index in [0.717, 1.165) is 0 Å². The van der Waals surface area contributed by atoms with Crippen molar-refractivity contribution in [3.8, 4) is 0 Å². The van der Waals surface area contributed by atoms with Gasteiger partial charge in [0, 0.05) is 28.0 Å². The molecule has 20 heavy (non-hydrogen) atoms. The number of carbonyl (C=O) groups excluding carboxylic acids is 1. The molecule has 0 saturated carbocycles. The van der Waals surface area contributed by atoms with E-state index in [4.69, 9.17) is 5.73 Å². The molecule has 0 aromatic heterocycles. The van der Waals surface area contributed by atoms with Crippen LogP contribution in [0.4, 0.5) is 17.1 Å². The zero-order valence-corrected chi connectivity index (χ0v) is 11.8. The molecule has 0 aliphatic rings. The summed E-state index contributed by atoms with van der Waals surface area (Å²) in [6, 6.07) is 10.6. The number of rotatable bonds is 3. The van der Waals surface area contributed by atoms with Gasteiger partial charge in [0.15, 0.2) is 0 Å². The fourth-order valence-electron chi connectivity index (χ4n) is 1.61. The Bertz CT molecular complexity index is 688. The predicted octanol–water partition coefficient (Wildman–Crippen LogP) is 3.19. The summed E-state index contributed by atoms with van der Waals surface area (Å²) in [6.45, 7) is 0. The van der Waals surface area contributed by atoms with Crippen LogP contribution in [0, 0.1) is 10.1 Å². The van der Waals surface area contributed by atoms with Gasteiger partial charge in [-0.1, -0.05) is 6.07 Å². The van der Waals surface area contributed by atoms with Crippen LogP contribution in [0.2, 0.25) is 0 Å². The number of nitrogens with one attached hydrogen (secondary N) is 1. The first-order chi connectivity index (χ1) is 9.47. The number of hydrogen-bond donors (Lipinski definition) is 2. The van der Waals surface area contributed by atoms with Crippen LogP contribution in [-0.4, -0.2) is 10.8 Å². The molecule has 0 atom stereocenters. The van der Waals surface area contributed by atoms with Crippen molar-refractivity contribution in [1.29, 1.82) is 0 Å². The zero-order chi connectivity index (χ0) is 14.7. The van der Waals surface area contributed by atoms with Crippen LogP contribution in [-0.2, 0) is 0 Å². The molecule has 7 heteroatoms. The highest BCUT2D eigenvalue weighted by atomic mass is 79.9. The molecule has 6 nitrogen and oxygen atoms in total. The number of nitrogens with two attached hydrogens (primary N) is 1. The number of nitro benzene ring substituents is 1. The third kappa shape index (κ3) is 3.12. The smallest absolute Gasteiger partial charge is 0.271 e. The van der Waals surface area contributed by atoms with Crippen LogP contribution in [0.1, 0.15) is 10.4 Å². The lowest BCUT2D eigenvalue weighted by molar-refractivity contribution is -0.384. The molecule has 0 aliphatic carbocycles. The Hall–Kier alpha value is -2.41. The zero-order valence-electron chi connectivity index (χ0n) is 10.2. The second-order valence-electron chi connectivity index (χ2n) is 4.00. The maximum atomic E-state index is 12.1. The lowest BCUT2D eigenvalue weighted by Crippen LogP contribution is -2.13. The molecule has 0 heterocycles. The molecule has 2 aromatic rings. The molecule has 0 unspecified atom stereocenters. The number of benzene rings is 2. The first kappa shape index (κ1) is 14.0. The summed E-state index contributed by atoms with van der Waals surface area (Å²) in [5, 5.41) is 13.3. The molecule has 0 radical (unpaired) electrons. The fourth-order valence-corrected chi connectivity index (χ4v) is 2.04. The van der Waals surface area contributed by atoms with Gasteiger partial charge in [-0.15, -0.1) is 0 Å². The number of carbonyl (C=O) groups is 1. The summed E-state index contributed by atoms with van der Waals surface area (Å²) in [4.78, 5) is 22.3. The van der Waals surface area contributed by atoms with E-state index in [1.807, 2.05) is 0 Å². The normalized spacial score (nSPS) is 10.1. The number of nitrogen functional groups attached to an aromatic ring is 1. The van der Waals surface area contributed by atoms with Crippen LogP contribution >= 0.6 is 15.9 Å². The molecule has 3 N–H and O–H groups in total.